The molecule has 0 saturated carbocycles. The molecular weight excluding hydrogens is 532 g/mol. The van der Waals surface area contributed by atoms with Crippen LogP contribution in [-0.2, 0) is 57.2 Å². The van der Waals surface area contributed by atoms with Gasteiger partial charge in [0, 0.05) is 44.8 Å². The Balaban J connectivity index is 3.64. The molecule has 0 aliphatic carbocycles. The second-order valence-electron chi connectivity index (χ2n) is 9.27. The summed E-state index contributed by atoms with van der Waals surface area (Å²) in [7, 11) is 0. The molecule has 1 aliphatic rings. The molecule has 0 aromatic carbocycles. The Labute approximate surface area is 233 Å². The molecule has 13 nitrogen and oxygen atoms in total. The highest BCUT2D eigenvalue weighted by molar-refractivity contribution is 5.91. The van der Waals surface area contributed by atoms with E-state index in [0.717, 1.165) is 0 Å². The smallest absolute Gasteiger partial charge is 0.333 e. The van der Waals surface area contributed by atoms with Crippen LogP contribution < -0.4 is 0 Å². The number of rotatable bonds is 16. The first-order valence-corrected chi connectivity index (χ1v) is 13.5. The predicted molar refractivity (Wildman–Crippen MR) is 136 cm³/mol. The minimum atomic E-state index is -2.18. The Kier molecular flexibility index (Phi) is 14.9. The number of ether oxygens (including phenoxy) is 6. The number of hydrogen-bond acceptors (Lipinski definition) is 12. The van der Waals surface area contributed by atoms with Crippen LogP contribution in [0.1, 0.15) is 86.0 Å². The zero-order valence-electron chi connectivity index (χ0n) is 23.7. The quantitative estimate of drug-likeness (QED) is 0.162. The third-order valence-corrected chi connectivity index (χ3v) is 5.57. The molecule has 1 heterocycles. The molecule has 0 aromatic heterocycles. The molecular formula is C27H40O13. The molecule has 1 fully saturated rings. The lowest BCUT2D eigenvalue weighted by atomic mass is 9.92. The Morgan fingerprint density at radius 3 is 1.70 bits per heavy atom. The second-order valence-corrected chi connectivity index (χ2v) is 9.27. The molecule has 0 unspecified atom stereocenters. The normalized spacial score (nSPS) is 24.1. The fourth-order valence-electron chi connectivity index (χ4n) is 3.83. The Hall–Kier alpha value is -3.48. The molecule has 0 bridgehead atoms. The van der Waals surface area contributed by atoms with Gasteiger partial charge in [0.15, 0.2) is 12.2 Å². The molecule has 0 amide bonds. The van der Waals surface area contributed by atoms with Crippen molar-refractivity contribution < 1.29 is 62.3 Å². The highest BCUT2D eigenvalue weighted by Crippen LogP contribution is 2.37. The van der Waals surface area contributed by atoms with E-state index in [0.29, 0.717) is 37.8 Å². The fourth-order valence-corrected chi connectivity index (χ4v) is 3.83. The summed E-state index contributed by atoms with van der Waals surface area (Å²) in [6.07, 6.45) is -3.03. The number of aliphatic carboxylic acids is 1. The maximum atomic E-state index is 12.7. The number of esters is 5. The Morgan fingerprint density at radius 2 is 1.20 bits per heavy atom. The lowest BCUT2D eigenvalue weighted by molar-refractivity contribution is -0.346. The Bertz CT molecular complexity index is 927. The number of carboxylic acid groups (broad SMARTS) is 1. The zero-order valence-corrected chi connectivity index (χ0v) is 23.7. The van der Waals surface area contributed by atoms with Crippen molar-refractivity contribution in [3.8, 4) is 0 Å². The number of carbonyl (C=O) groups is 6. The summed E-state index contributed by atoms with van der Waals surface area (Å²) in [5.74, 6) is -7.51. The van der Waals surface area contributed by atoms with Crippen molar-refractivity contribution in [2.45, 2.75) is 116 Å². The summed E-state index contributed by atoms with van der Waals surface area (Å²) in [5.41, 5.74) is 0. The van der Waals surface area contributed by atoms with E-state index in [4.69, 9.17) is 33.5 Å². The summed E-state index contributed by atoms with van der Waals surface area (Å²) in [5, 5.41) is 8.87. The highest BCUT2D eigenvalue weighted by atomic mass is 16.8. The van der Waals surface area contributed by atoms with Gasteiger partial charge in [0.2, 0.25) is 6.10 Å². The number of hydrogen-bond donors (Lipinski definition) is 1. The average Bonchev–Trinajstić information content (AvgIpc) is 2.86. The molecule has 0 radical (unpaired) electrons. The second kappa shape index (κ2) is 17.3. The molecule has 13 heteroatoms. The van der Waals surface area contributed by atoms with Crippen molar-refractivity contribution in [3.63, 3.8) is 0 Å². The van der Waals surface area contributed by atoms with Gasteiger partial charge in [-0.05, 0) is 25.7 Å². The summed E-state index contributed by atoms with van der Waals surface area (Å²) in [6, 6.07) is 0. The Morgan fingerprint density at radius 1 is 0.725 bits per heavy atom. The van der Waals surface area contributed by atoms with E-state index in [1.54, 1.807) is 27.7 Å². The summed E-state index contributed by atoms with van der Waals surface area (Å²) < 4.78 is 33.6. The van der Waals surface area contributed by atoms with Crippen molar-refractivity contribution >= 4 is 35.8 Å². The first-order valence-electron chi connectivity index (χ1n) is 13.5. The summed E-state index contributed by atoms with van der Waals surface area (Å²) >= 11 is 0. The van der Waals surface area contributed by atoms with Crippen LogP contribution in [0.25, 0.3) is 0 Å². The van der Waals surface area contributed by atoms with Gasteiger partial charge < -0.3 is 33.5 Å². The van der Waals surface area contributed by atoms with Crippen LogP contribution in [0.4, 0.5) is 0 Å². The molecule has 0 spiro atoms. The van der Waals surface area contributed by atoms with Crippen LogP contribution in [0, 0.1) is 0 Å². The van der Waals surface area contributed by atoms with Crippen molar-refractivity contribution in [2.24, 2.45) is 0 Å². The maximum Gasteiger partial charge on any atom is 0.333 e. The maximum absolute atomic E-state index is 12.7. The van der Waals surface area contributed by atoms with E-state index in [2.05, 4.69) is 0 Å². The first kappa shape index (κ1) is 34.5. The van der Waals surface area contributed by atoms with Crippen molar-refractivity contribution in [1.82, 2.24) is 0 Å². The monoisotopic (exact) mass is 572 g/mol. The summed E-state index contributed by atoms with van der Waals surface area (Å²) in [6.45, 7) is 7.71. The third kappa shape index (κ3) is 11.3. The van der Waals surface area contributed by atoms with Crippen LogP contribution in [0.15, 0.2) is 12.2 Å². The van der Waals surface area contributed by atoms with Crippen LogP contribution in [0.3, 0.4) is 0 Å². The van der Waals surface area contributed by atoms with E-state index in [1.165, 1.54) is 6.92 Å². The van der Waals surface area contributed by atoms with Gasteiger partial charge in [-0.2, -0.15) is 0 Å². The van der Waals surface area contributed by atoms with Gasteiger partial charge in [0.25, 0.3) is 5.79 Å². The van der Waals surface area contributed by atoms with Gasteiger partial charge in [-0.3, -0.25) is 19.2 Å². The van der Waals surface area contributed by atoms with E-state index in [1.807, 2.05) is 0 Å². The average molecular weight is 573 g/mol. The predicted octanol–water partition coefficient (Wildman–Crippen LogP) is 2.76. The first-order chi connectivity index (χ1) is 18.9. The SMILES string of the molecule is CCCC(=O)OC[C@H]1O[C@@](C)(OC(=O)/C=C/C(=O)O)[C@H](OC(=O)CCC)[C@@H](OC(=O)CCC)[C@H]1OC(=O)CCC. The molecule has 1 N–H and O–H groups in total. The number of carbonyl (C=O) groups excluding carboxylic acids is 5. The largest absolute Gasteiger partial charge is 0.478 e. The van der Waals surface area contributed by atoms with Crippen LogP contribution in [0.5, 0.6) is 0 Å². The molecule has 0 aromatic rings. The minimum Gasteiger partial charge on any atom is -0.478 e. The fraction of sp³-hybridized carbons (Fsp3) is 0.704. The molecule has 1 rings (SSSR count). The van der Waals surface area contributed by atoms with E-state index in [-0.39, 0.29) is 25.7 Å². The topological polar surface area (TPSA) is 178 Å². The summed E-state index contributed by atoms with van der Waals surface area (Å²) in [4.78, 5) is 73.5. The molecule has 1 aliphatic heterocycles. The van der Waals surface area contributed by atoms with Gasteiger partial charge >= 0.3 is 35.8 Å². The van der Waals surface area contributed by atoms with Gasteiger partial charge in [0.05, 0.1) is 0 Å². The zero-order chi connectivity index (χ0) is 30.3. The lowest BCUT2D eigenvalue weighted by Crippen LogP contribution is -2.68. The van der Waals surface area contributed by atoms with Gasteiger partial charge in [-0.15, -0.1) is 0 Å². The van der Waals surface area contributed by atoms with Crippen LogP contribution in [-0.4, -0.2) is 77.7 Å². The standard InChI is InChI=1S/C27H40O13/c1-6-10-19(30)35-16-17-24(36-20(31)11-7-2)25(37-21(32)12-8-3)26(38-22(33)13-9-4)27(5,39-17)40-23(34)15-14-18(28)29/h14-15,17,24-26H,6-13,16H2,1-5H3,(H,28,29)/b15-14+/t17-,24+,25+,26-,27+/m1/s1. The minimum absolute atomic E-state index is 0.000987. The molecule has 226 valence electrons. The van der Waals surface area contributed by atoms with Crippen molar-refractivity contribution in [1.29, 1.82) is 0 Å². The van der Waals surface area contributed by atoms with E-state index in [9.17, 15) is 28.8 Å². The van der Waals surface area contributed by atoms with Gasteiger partial charge in [-0.1, -0.05) is 27.7 Å². The van der Waals surface area contributed by atoms with Crippen LogP contribution in [0.2, 0.25) is 0 Å². The lowest BCUT2D eigenvalue weighted by Gasteiger charge is -2.48. The van der Waals surface area contributed by atoms with Crippen LogP contribution >= 0.6 is 0 Å². The van der Waals surface area contributed by atoms with Gasteiger partial charge in [-0.25, -0.2) is 9.59 Å². The number of carboxylic acids is 1. The highest BCUT2D eigenvalue weighted by Gasteiger charge is 2.60. The van der Waals surface area contributed by atoms with E-state index < -0.39 is 72.6 Å². The molecule has 1 saturated heterocycles. The van der Waals surface area contributed by atoms with Crippen molar-refractivity contribution in [3.05, 3.63) is 12.2 Å². The molecule has 40 heavy (non-hydrogen) atoms. The molecule has 5 atom stereocenters. The van der Waals surface area contributed by atoms with E-state index >= 15 is 0 Å². The third-order valence-electron chi connectivity index (χ3n) is 5.57. The van der Waals surface area contributed by atoms with Crippen molar-refractivity contribution in [2.75, 3.05) is 6.61 Å². The van der Waals surface area contributed by atoms with Gasteiger partial charge in [0.1, 0.15) is 12.7 Å².